The molecule has 2 N–H and O–H groups in total. The molecule has 0 saturated heterocycles. The summed E-state index contributed by atoms with van der Waals surface area (Å²) in [5.74, 6) is 1.34. The molecule has 0 unspecified atom stereocenters. The maximum absolute atomic E-state index is 11.6. The fourth-order valence-corrected chi connectivity index (χ4v) is 2.87. The summed E-state index contributed by atoms with van der Waals surface area (Å²) in [6.45, 7) is 2.30. The van der Waals surface area contributed by atoms with E-state index in [9.17, 15) is 4.79 Å². The smallest absolute Gasteiger partial charge is 0.309 e. The van der Waals surface area contributed by atoms with Crippen LogP contribution in [-0.4, -0.2) is 17.6 Å². The lowest BCUT2D eigenvalue weighted by Gasteiger charge is -2.07. The molecule has 3 atom stereocenters. The number of nitrogen functional groups attached to an aromatic ring is 1. The predicted octanol–water partition coefficient (Wildman–Crippen LogP) is 1.11. The van der Waals surface area contributed by atoms with Gasteiger partial charge in [0.05, 0.1) is 12.5 Å². The number of pyridine rings is 1. The van der Waals surface area contributed by atoms with Crippen LogP contribution in [0.3, 0.4) is 0 Å². The molecule has 1 aromatic heterocycles. The van der Waals surface area contributed by atoms with Crippen LogP contribution in [0.1, 0.15) is 24.0 Å². The minimum absolute atomic E-state index is 0.0556. The molecule has 0 aliphatic heterocycles. The van der Waals surface area contributed by atoms with Gasteiger partial charge in [-0.15, -0.1) is 0 Å². The van der Waals surface area contributed by atoms with Crippen LogP contribution in [0.2, 0.25) is 0 Å². The van der Waals surface area contributed by atoms with Crippen LogP contribution in [0.25, 0.3) is 0 Å². The first-order chi connectivity index (χ1) is 7.72. The fraction of sp³-hybridized carbons (Fsp3) is 0.500. The number of fused-ring (bicyclic) bond motifs is 3. The molecule has 0 bridgehead atoms. The van der Waals surface area contributed by atoms with Crippen LogP contribution in [0.15, 0.2) is 12.3 Å². The van der Waals surface area contributed by atoms with E-state index in [4.69, 9.17) is 10.5 Å². The third-order valence-corrected chi connectivity index (χ3v) is 3.59. The lowest BCUT2D eigenvalue weighted by atomic mass is 10.0. The van der Waals surface area contributed by atoms with Crippen LogP contribution in [-0.2, 0) is 16.0 Å². The number of rotatable bonds is 2. The maximum atomic E-state index is 11.6. The van der Waals surface area contributed by atoms with E-state index in [2.05, 4.69) is 4.98 Å². The largest absolute Gasteiger partial charge is 0.466 e. The van der Waals surface area contributed by atoms with Crippen LogP contribution >= 0.6 is 0 Å². The van der Waals surface area contributed by atoms with E-state index in [1.807, 2.05) is 19.2 Å². The van der Waals surface area contributed by atoms with Gasteiger partial charge in [0.1, 0.15) is 5.82 Å². The van der Waals surface area contributed by atoms with E-state index < -0.39 is 0 Å². The Morgan fingerprint density at radius 1 is 1.69 bits per heavy atom. The highest BCUT2D eigenvalue weighted by atomic mass is 16.5. The van der Waals surface area contributed by atoms with Crippen LogP contribution < -0.4 is 5.73 Å². The number of carbonyl (C=O) groups excluding carboxylic acids is 1. The zero-order valence-corrected chi connectivity index (χ0v) is 9.14. The van der Waals surface area contributed by atoms with Gasteiger partial charge in [0.2, 0.25) is 0 Å². The zero-order chi connectivity index (χ0) is 11.3. The molecule has 0 amide bonds. The van der Waals surface area contributed by atoms with E-state index >= 15 is 0 Å². The Hall–Kier alpha value is -1.58. The number of hydrogen-bond donors (Lipinski definition) is 1. The fourth-order valence-electron chi connectivity index (χ4n) is 2.87. The number of ether oxygens (including phenoxy) is 1. The minimum Gasteiger partial charge on any atom is -0.466 e. The molecule has 16 heavy (non-hydrogen) atoms. The molecule has 0 aromatic carbocycles. The van der Waals surface area contributed by atoms with Gasteiger partial charge in [0, 0.05) is 12.1 Å². The molecule has 4 nitrogen and oxygen atoms in total. The van der Waals surface area contributed by atoms with Crippen molar-refractivity contribution in [2.45, 2.75) is 19.3 Å². The quantitative estimate of drug-likeness (QED) is 0.755. The highest BCUT2D eigenvalue weighted by Gasteiger charge is 2.60. The summed E-state index contributed by atoms with van der Waals surface area (Å²) < 4.78 is 5.06. The van der Waals surface area contributed by atoms with Gasteiger partial charge in [-0.3, -0.25) is 4.79 Å². The Morgan fingerprint density at radius 2 is 2.50 bits per heavy atom. The third kappa shape index (κ3) is 1.22. The Kier molecular flexibility index (Phi) is 1.93. The van der Waals surface area contributed by atoms with Crippen molar-refractivity contribution >= 4 is 11.8 Å². The summed E-state index contributed by atoms with van der Waals surface area (Å²) in [7, 11) is 0. The standard InChI is InChI=1S/C12H14N2O2/c1-2-16-12(15)11-7-3-6-4-9(13)14-5-8(6)10(7)11/h4-5,7,10-11H,2-3H2,1H3,(H2,13,14)/t7-,10-,11+/m1/s1. The highest BCUT2D eigenvalue weighted by Crippen LogP contribution is 2.61. The van der Waals surface area contributed by atoms with Gasteiger partial charge in [-0.1, -0.05) is 0 Å². The second kappa shape index (κ2) is 3.20. The Balaban J connectivity index is 1.82. The first-order valence-electron chi connectivity index (χ1n) is 5.63. The zero-order valence-electron chi connectivity index (χ0n) is 9.14. The summed E-state index contributed by atoms with van der Waals surface area (Å²) in [6, 6.07) is 1.92. The van der Waals surface area contributed by atoms with Gasteiger partial charge >= 0.3 is 5.97 Å². The Morgan fingerprint density at radius 3 is 3.25 bits per heavy atom. The Bertz CT molecular complexity index is 458. The molecule has 1 aromatic rings. The number of anilines is 1. The monoisotopic (exact) mass is 218 g/mol. The van der Waals surface area contributed by atoms with E-state index in [1.165, 1.54) is 11.1 Å². The normalized spacial score (nSPS) is 29.4. The number of hydrogen-bond acceptors (Lipinski definition) is 4. The van der Waals surface area contributed by atoms with Crippen molar-refractivity contribution in [1.82, 2.24) is 4.98 Å². The molecule has 2 aliphatic rings. The second-order valence-corrected chi connectivity index (χ2v) is 4.48. The van der Waals surface area contributed by atoms with E-state index in [1.54, 1.807) is 0 Å². The summed E-state index contributed by atoms with van der Waals surface area (Å²) in [4.78, 5) is 15.7. The van der Waals surface area contributed by atoms with E-state index in [0.717, 1.165) is 6.42 Å². The first kappa shape index (κ1) is 9.63. The van der Waals surface area contributed by atoms with Crippen molar-refractivity contribution < 1.29 is 9.53 Å². The van der Waals surface area contributed by atoms with Crippen LogP contribution in [0.4, 0.5) is 5.82 Å². The maximum Gasteiger partial charge on any atom is 0.309 e. The van der Waals surface area contributed by atoms with Gasteiger partial charge in [0.25, 0.3) is 0 Å². The number of nitrogens with zero attached hydrogens (tertiary/aromatic N) is 1. The molecule has 0 spiro atoms. The lowest BCUT2D eigenvalue weighted by molar-refractivity contribution is -0.145. The molecule has 1 fully saturated rings. The van der Waals surface area contributed by atoms with Crippen LogP contribution in [0.5, 0.6) is 0 Å². The number of nitrogens with two attached hydrogens (primary N) is 1. The molecule has 84 valence electrons. The highest BCUT2D eigenvalue weighted by molar-refractivity contribution is 5.79. The van der Waals surface area contributed by atoms with E-state index in [-0.39, 0.29) is 11.9 Å². The summed E-state index contributed by atoms with van der Waals surface area (Å²) in [5.41, 5.74) is 8.08. The van der Waals surface area contributed by atoms with Crippen LogP contribution in [0, 0.1) is 11.8 Å². The van der Waals surface area contributed by atoms with Crippen molar-refractivity contribution in [2.75, 3.05) is 12.3 Å². The van der Waals surface area contributed by atoms with Crippen molar-refractivity contribution in [3.8, 4) is 0 Å². The van der Waals surface area contributed by atoms with E-state index in [0.29, 0.717) is 24.3 Å². The van der Waals surface area contributed by atoms with Gasteiger partial charge in [-0.05, 0) is 36.5 Å². The van der Waals surface area contributed by atoms with Gasteiger partial charge in [-0.25, -0.2) is 4.98 Å². The summed E-state index contributed by atoms with van der Waals surface area (Å²) in [5, 5.41) is 0. The van der Waals surface area contributed by atoms with Gasteiger partial charge < -0.3 is 10.5 Å². The predicted molar refractivity (Wildman–Crippen MR) is 58.7 cm³/mol. The average molecular weight is 218 g/mol. The van der Waals surface area contributed by atoms with Crippen molar-refractivity contribution in [3.63, 3.8) is 0 Å². The topological polar surface area (TPSA) is 65.2 Å². The molecular formula is C12H14N2O2. The van der Waals surface area contributed by atoms with Crippen molar-refractivity contribution in [3.05, 3.63) is 23.4 Å². The summed E-state index contributed by atoms with van der Waals surface area (Å²) >= 11 is 0. The average Bonchev–Trinajstić information content (AvgIpc) is 2.82. The molecule has 3 rings (SSSR count). The number of esters is 1. The number of carbonyl (C=O) groups is 1. The molecule has 4 heteroatoms. The SMILES string of the molecule is CCOC(=O)[C@H]1[C@@H]2Cc3cc(N)ncc3[C@@H]21. The van der Waals surface area contributed by atoms with Crippen molar-refractivity contribution in [1.29, 1.82) is 0 Å². The van der Waals surface area contributed by atoms with Crippen molar-refractivity contribution in [2.24, 2.45) is 11.8 Å². The van der Waals surface area contributed by atoms with Gasteiger partial charge in [0.15, 0.2) is 0 Å². The lowest BCUT2D eigenvalue weighted by Crippen LogP contribution is -2.11. The third-order valence-electron chi connectivity index (χ3n) is 3.59. The molecule has 2 aliphatic carbocycles. The number of aromatic nitrogens is 1. The summed E-state index contributed by atoms with van der Waals surface area (Å²) in [6.07, 6.45) is 2.75. The first-order valence-corrected chi connectivity index (χ1v) is 5.63. The minimum atomic E-state index is -0.0556. The molecular weight excluding hydrogens is 204 g/mol. The van der Waals surface area contributed by atoms with Gasteiger partial charge in [-0.2, -0.15) is 0 Å². The molecule has 0 radical (unpaired) electrons. The molecule has 1 saturated carbocycles. The second-order valence-electron chi connectivity index (χ2n) is 4.48. The molecule has 1 heterocycles. The Labute approximate surface area is 93.8 Å².